The van der Waals surface area contributed by atoms with Crippen molar-refractivity contribution in [2.75, 3.05) is 0 Å². The summed E-state index contributed by atoms with van der Waals surface area (Å²) in [7, 11) is 0. The Kier molecular flexibility index (Phi) is 1.25. The summed E-state index contributed by atoms with van der Waals surface area (Å²) in [5, 5.41) is 0.794. The molecule has 0 aliphatic carbocycles. The molecular formula is C9H5N3O2. The average Bonchev–Trinajstić information content (AvgIpc) is 2.54. The molecule has 0 aromatic carbocycles. The van der Waals surface area contributed by atoms with Crippen LogP contribution in [0.4, 0.5) is 0 Å². The fourth-order valence-electron chi connectivity index (χ4n) is 1.43. The van der Waals surface area contributed by atoms with Crippen LogP contribution in [0.5, 0.6) is 0 Å². The van der Waals surface area contributed by atoms with E-state index in [1.54, 1.807) is 12.3 Å². The van der Waals surface area contributed by atoms with Crippen LogP contribution in [0, 0.1) is 0 Å². The highest BCUT2D eigenvalue weighted by Crippen LogP contribution is 2.22. The first-order chi connectivity index (χ1) is 6.84. The third-order valence-electron chi connectivity index (χ3n) is 2.03. The van der Waals surface area contributed by atoms with Crippen molar-refractivity contribution in [2.45, 2.75) is 0 Å². The molecule has 0 aliphatic heterocycles. The zero-order chi connectivity index (χ0) is 9.54. The fourth-order valence-corrected chi connectivity index (χ4v) is 1.43. The number of nitrogens with zero attached hydrogens (tertiary/aromatic N) is 2. The Morgan fingerprint density at radius 2 is 2.29 bits per heavy atom. The normalized spacial score (nSPS) is 11.1. The zero-order valence-corrected chi connectivity index (χ0v) is 7.02. The monoisotopic (exact) mass is 187 g/mol. The van der Waals surface area contributed by atoms with E-state index in [1.807, 2.05) is 0 Å². The zero-order valence-electron chi connectivity index (χ0n) is 7.02. The molecule has 0 saturated carbocycles. The molecule has 3 rings (SSSR count). The Bertz CT molecular complexity index is 668. The first-order valence-electron chi connectivity index (χ1n) is 4.06. The van der Waals surface area contributed by atoms with E-state index in [0.717, 1.165) is 5.39 Å². The highest BCUT2D eigenvalue weighted by atomic mass is 16.3. The van der Waals surface area contributed by atoms with Gasteiger partial charge in [-0.05, 0) is 6.07 Å². The highest BCUT2D eigenvalue weighted by molar-refractivity contribution is 6.00. The predicted octanol–water partition coefficient (Wildman–Crippen LogP) is 1.06. The summed E-state index contributed by atoms with van der Waals surface area (Å²) < 4.78 is 5.35. The number of fused-ring (bicyclic) bond motifs is 3. The quantitative estimate of drug-likeness (QED) is 0.571. The number of furan rings is 1. The van der Waals surface area contributed by atoms with Crippen molar-refractivity contribution in [3.05, 3.63) is 35.0 Å². The molecule has 5 heteroatoms. The van der Waals surface area contributed by atoms with Crippen molar-refractivity contribution < 1.29 is 4.42 Å². The minimum absolute atomic E-state index is 0.190. The minimum atomic E-state index is -0.190. The number of nitrogens with one attached hydrogen (secondary N) is 1. The van der Waals surface area contributed by atoms with Gasteiger partial charge in [0.15, 0.2) is 5.58 Å². The first-order valence-corrected chi connectivity index (χ1v) is 4.06. The second-order valence-corrected chi connectivity index (χ2v) is 2.90. The van der Waals surface area contributed by atoms with Gasteiger partial charge < -0.3 is 4.42 Å². The predicted molar refractivity (Wildman–Crippen MR) is 49.9 cm³/mol. The van der Waals surface area contributed by atoms with Crippen LogP contribution in [0.3, 0.4) is 0 Å². The maximum absolute atomic E-state index is 11.0. The summed E-state index contributed by atoms with van der Waals surface area (Å²) in [5.41, 5.74) is 1.54. The van der Waals surface area contributed by atoms with Gasteiger partial charge in [-0.25, -0.2) is 9.97 Å². The van der Waals surface area contributed by atoms with Crippen LogP contribution in [0.15, 0.2) is 33.9 Å². The van der Waals surface area contributed by atoms with Crippen LogP contribution in [-0.4, -0.2) is 15.0 Å². The maximum Gasteiger partial charge on any atom is 0.250 e. The number of H-pyrrole nitrogens is 1. The van der Waals surface area contributed by atoms with Crippen molar-refractivity contribution in [3.8, 4) is 0 Å². The Morgan fingerprint density at radius 3 is 3.21 bits per heavy atom. The standard InChI is InChI=1S/C9H5N3O2/c13-7-2-1-5-8-6(3-10-4-11-8)14-9(5)12-7/h1-4H,(H,12,13). The Labute approximate surface area is 77.4 Å². The van der Waals surface area contributed by atoms with E-state index in [2.05, 4.69) is 15.0 Å². The number of aromatic nitrogens is 3. The fraction of sp³-hybridized carbons (Fsp3) is 0. The van der Waals surface area contributed by atoms with Crippen LogP contribution in [0.25, 0.3) is 22.2 Å². The van der Waals surface area contributed by atoms with E-state index in [-0.39, 0.29) is 5.56 Å². The smallest absolute Gasteiger partial charge is 0.250 e. The summed E-state index contributed by atoms with van der Waals surface area (Å²) in [5.74, 6) is 0. The molecule has 1 N–H and O–H groups in total. The van der Waals surface area contributed by atoms with Crippen molar-refractivity contribution in [1.82, 2.24) is 15.0 Å². The Balaban J connectivity index is 2.63. The second kappa shape index (κ2) is 2.41. The van der Waals surface area contributed by atoms with Crippen molar-refractivity contribution >= 4 is 22.2 Å². The van der Waals surface area contributed by atoms with Gasteiger partial charge in [0, 0.05) is 6.07 Å². The Hall–Kier alpha value is -2.17. The summed E-state index contributed by atoms with van der Waals surface area (Å²) in [6.07, 6.45) is 3.02. The molecule has 0 aliphatic rings. The van der Waals surface area contributed by atoms with E-state index in [9.17, 15) is 4.79 Å². The van der Waals surface area contributed by atoms with Crippen LogP contribution in [0.2, 0.25) is 0 Å². The summed E-state index contributed by atoms with van der Waals surface area (Å²) >= 11 is 0. The number of hydrogen-bond acceptors (Lipinski definition) is 4. The Morgan fingerprint density at radius 1 is 1.36 bits per heavy atom. The lowest BCUT2D eigenvalue weighted by molar-refractivity contribution is 0.649. The van der Waals surface area contributed by atoms with Crippen LogP contribution in [0.1, 0.15) is 0 Å². The number of pyridine rings is 1. The number of hydrogen-bond donors (Lipinski definition) is 1. The van der Waals surface area contributed by atoms with Gasteiger partial charge in [0.1, 0.15) is 11.8 Å². The summed E-state index contributed by atoms with van der Waals surface area (Å²) in [6.45, 7) is 0. The lowest BCUT2D eigenvalue weighted by Gasteiger charge is -1.84. The molecule has 68 valence electrons. The van der Waals surface area contributed by atoms with Crippen molar-refractivity contribution in [1.29, 1.82) is 0 Å². The minimum Gasteiger partial charge on any atom is -0.436 e. The van der Waals surface area contributed by atoms with E-state index in [1.165, 1.54) is 12.4 Å². The van der Waals surface area contributed by atoms with Gasteiger partial charge in [-0.15, -0.1) is 0 Å². The van der Waals surface area contributed by atoms with Gasteiger partial charge >= 0.3 is 0 Å². The molecule has 0 radical (unpaired) electrons. The molecule has 0 fully saturated rings. The molecule has 3 aromatic rings. The van der Waals surface area contributed by atoms with Crippen molar-refractivity contribution in [2.24, 2.45) is 0 Å². The second-order valence-electron chi connectivity index (χ2n) is 2.90. The summed E-state index contributed by atoms with van der Waals surface area (Å²) in [6, 6.07) is 3.13. The van der Waals surface area contributed by atoms with Gasteiger partial charge in [0.05, 0.1) is 11.6 Å². The highest BCUT2D eigenvalue weighted by Gasteiger charge is 2.07. The van der Waals surface area contributed by atoms with Crippen LogP contribution in [-0.2, 0) is 0 Å². The first kappa shape index (κ1) is 7.25. The molecule has 0 spiro atoms. The number of aromatic amines is 1. The third kappa shape index (κ3) is 0.861. The SMILES string of the molecule is O=c1ccc2c([nH]1)oc1cncnc12. The summed E-state index contributed by atoms with van der Waals surface area (Å²) in [4.78, 5) is 21.5. The van der Waals surface area contributed by atoms with Crippen LogP contribution < -0.4 is 5.56 Å². The van der Waals surface area contributed by atoms with Gasteiger partial charge in [-0.2, -0.15) is 0 Å². The topological polar surface area (TPSA) is 71.8 Å². The van der Waals surface area contributed by atoms with Crippen molar-refractivity contribution in [3.63, 3.8) is 0 Å². The maximum atomic E-state index is 11.0. The van der Waals surface area contributed by atoms with E-state index < -0.39 is 0 Å². The van der Waals surface area contributed by atoms with E-state index >= 15 is 0 Å². The lowest BCUT2D eigenvalue weighted by Crippen LogP contribution is -2.00. The van der Waals surface area contributed by atoms with Gasteiger partial charge in [0.2, 0.25) is 5.71 Å². The van der Waals surface area contributed by atoms with Crippen LogP contribution >= 0.6 is 0 Å². The molecule has 5 nitrogen and oxygen atoms in total. The molecule has 14 heavy (non-hydrogen) atoms. The largest absolute Gasteiger partial charge is 0.436 e. The third-order valence-corrected chi connectivity index (χ3v) is 2.03. The van der Waals surface area contributed by atoms with Gasteiger partial charge in [0.25, 0.3) is 5.56 Å². The van der Waals surface area contributed by atoms with Gasteiger partial charge in [-0.3, -0.25) is 9.78 Å². The molecule has 0 atom stereocenters. The van der Waals surface area contributed by atoms with Gasteiger partial charge in [-0.1, -0.05) is 0 Å². The molecule has 0 saturated heterocycles. The van der Waals surface area contributed by atoms with E-state index in [4.69, 9.17) is 4.42 Å². The molecule has 0 bridgehead atoms. The molecule has 0 unspecified atom stereocenters. The molecule has 3 heterocycles. The molecule has 0 amide bonds. The molecular weight excluding hydrogens is 182 g/mol. The lowest BCUT2D eigenvalue weighted by atomic mass is 10.3. The number of rotatable bonds is 0. The van der Waals surface area contributed by atoms with E-state index in [0.29, 0.717) is 16.8 Å². The molecule has 3 aromatic heterocycles. The average molecular weight is 187 g/mol.